The molecule has 0 radical (unpaired) electrons. The van der Waals surface area contributed by atoms with Crippen molar-refractivity contribution >= 4 is 29.2 Å². The molecule has 0 aromatic heterocycles. The number of carbonyl (C=O) groups is 3. The summed E-state index contributed by atoms with van der Waals surface area (Å²) in [6.45, 7) is 3.34. The fraction of sp³-hybridized carbons (Fsp3) is 0.524. The van der Waals surface area contributed by atoms with Crippen molar-refractivity contribution in [1.82, 2.24) is 9.80 Å². The lowest BCUT2D eigenvalue weighted by Crippen LogP contribution is -2.31. The van der Waals surface area contributed by atoms with E-state index in [2.05, 4.69) is 15.4 Å². The van der Waals surface area contributed by atoms with Crippen LogP contribution in [-0.2, 0) is 25.5 Å². The van der Waals surface area contributed by atoms with Crippen LogP contribution in [0.4, 0.5) is 5.69 Å². The van der Waals surface area contributed by atoms with Gasteiger partial charge in [0.1, 0.15) is 5.71 Å². The Balaban J connectivity index is 1.91. The molecular weight excluding hydrogens is 372 g/mol. The number of rotatable bonds is 11. The van der Waals surface area contributed by atoms with Gasteiger partial charge in [-0.15, -0.1) is 0 Å². The van der Waals surface area contributed by atoms with Gasteiger partial charge < -0.3 is 9.64 Å². The molecule has 29 heavy (non-hydrogen) atoms. The highest BCUT2D eigenvalue weighted by molar-refractivity contribution is 6.36. The molecule has 1 aliphatic heterocycles. The molecule has 2 amide bonds. The van der Waals surface area contributed by atoms with E-state index in [0.29, 0.717) is 44.5 Å². The van der Waals surface area contributed by atoms with Gasteiger partial charge in [-0.05, 0) is 58.1 Å². The Morgan fingerprint density at radius 3 is 2.41 bits per heavy atom. The smallest absolute Gasteiger partial charge is 0.354 e. The van der Waals surface area contributed by atoms with Crippen molar-refractivity contribution in [2.45, 2.75) is 39.0 Å². The molecule has 2 rings (SSSR count). The Labute approximate surface area is 171 Å². The number of hydrazone groups is 1. The van der Waals surface area contributed by atoms with Crippen LogP contribution in [0.2, 0.25) is 0 Å². The lowest BCUT2D eigenvalue weighted by molar-refractivity contribution is -0.138. The number of anilines is 1. The summed E-state index contributed by atoms with van der Waals surface area (Å²) < 4.78 is 5.08. The second kappa shape index (κ2) is 11.3. The van der Waals surface area contributed by atoms with E-state index >= 15 is 0 Å². The van der Waals surface area contributed by atoms with E-state index in [1.807, 2.05) is 38.4 Å². The minimum Gasteiger partial charge on any atom is -0.461 e. The highest BCUT2D eigenvalue weighted by atomic mass is 16.5. The van der Waals surface area contributed by atoms with Crippen LogP contribution in [0.25, 0.3) is 0 Å². The molecule has 1 aromatic rings. The number of imide groups is 1. The van der Waals surface area contributed by atoms with Crippen LogP contribution >= 0.6 is 0 Å². The molecule has 8 heteroatoms. The Morgan fingerprint density at radius 1 is 1.17 bits per heavy atom. The van der Waals surface area contributed by atoms with E-state index in [1.54, 1.807) is 6.92 Å². The van der Waals surface area contributed by atoms with Gasteiger partial charge in [-0.2, -0.15) is 5.10 Å². The first kappa shape index (κ1) is 22.5. The van der Waals surface area contributed by atoms with E-state index in [4.69, 9.17) is 4.74 Å². The first-order valence-electron chi connectivity index (χ1n) is 9.97. The Hall–Kier alpha value is -2.74. The number of esters is 1. The van der Waals surface area contributed by atoms with E-state index in [9.17, 15) is 14.4 Å². The zero-order chi connectivity index (χ0) is 21.2. The van der Waals surface area contributed by atoms with Gasteiger partial charge in [0, 0.05) is 25.8 Å². The fourth-order valence-electron chi connectivity index (χ4n) is 2.97. The predicted octanol–water partition coefficient (Wildman–Crippen LogP) is 2.05. The van der Waals surface area contributed by atoms with Gasteiger partial charge in [-0.3, -0.25) is 19.9 Å². The molecule has 0 bridgehead atoms. The Morgan fingerprint density at radius 2 is 1.83 bits per heavy atom. The van der Waals surface area contributed by atoms with Gasteiger partial charge in [0.15, 0.2) is 0 Å². The van der Waals surface area contributed by atoms with Crippen molar-refractivity contribution in [3.05, 3.63) is 29.8 Å². The fourth-order valence-corrected chi connectivity index (χ4v) is 2.97. The summed E-state index contributed by atoms with van der Waals surface area (Å²) in [5, 5.41) is 4.24. The molecule has 1 aromatic carbocycles. The number of hydrogen-bond donors (Lipinski definition) is 1. The van der Waals surface area contributed by atoms with Crippen LogP contribution in [0.5, 0.6) is 0 Å². The molecule has 0 spiro atoms. The predicted molar refractivity (Wildman–Crippen MR) is 112 cm³/mol. The summed E-state index contributed by atoms with van der Waals surface area (Å²) in [5.41, 5.74) is 5.04. The highest BCUT2D eigenvalue weighted by Crippen LogP contribution is 2.15. The first-order valence-corrected chi connectivity index (χ1v) is 9.97. The number of ether oxygens (including phenoxy) is 1. The van der Waals surface area contributed by atoms with Crippen molar-refractivity contribution < 1.29 is 19.1 Å². The monoisotopic (exact) mass is 402 g/mol. The van der Waals surface area contributed by atoms with Crippen molar-refractivity contribution in [2.24, 2.45) is 5.10 Å². The van der Waals surface area contributed by atoms with E-state index in [0.717, 1.165) is 24.2 Å². The molecular formula is C21H30N4O4. The summed E-state index contributed by atoms with van der Waals surface area (Å²) >= 11 is 0. The second-order valence-electron chi connectivity index (χ2n) is 7.18. The van der Waals surface area contributed by atoms with Crippen LogP contribution in [0, 0.1) is 0 Å². The second-order valence-corrected chi connectivity index (χ2v) is 7.18. The summed E-state index contributed by atoms with van der Waals surface area (Å²) in [5.74, 6) is -0.595. The van der Waals surface area contributed by atoms with E-state index in [-0.39, 0.29) is 11.8 Å². The normalized spacial score (nSPS) is 14.6. The van der Waals surface area contributed by atoms with Crippen LogP contribution in [-0.4, -0.2) is 67.1 Å². The molecule has 0 aliphatic carbocycles. The number of benzene rings is 1. The number of nitrogens with zero attached hydrogens (tertiary/aromatic N) is 3. The molecule has 8 nitrogen and oxygen atoms in total. The van der Waals surface area contributed by atoms with Crippen molar-refractivity contribution in [3.8, 4) is 0 Å². The summed E-state index contributed by atoms with van der Waals surface area (Å²) in [6.07, 6.45) is 2.58. The maximum absolute atomic E-state index is 12.1. The lowest BCUT2D eigenvalue weighted by atomic mass is 10.1. The molecule has 1 saturated heterocycles. The molecule has 158 valence electrons. The SMILES string of the molecule is CCOC(=O)/C(CCCN(C)C)=N\Nc1ccc(CCN2C(=O)CCC2=O)cc1. The van der Waals surface area contributed by atoms with Gasteiger partial charge in [-0.25, -0.2) is 4.79 Å². The third-order valence-corrected chi connectivity index (χ3v) is 4.58. The van der Waals surface area contributed by atoms with E-state index in [1.165, 1.54) is 4.90 Å². The summed E-state index contributed by atoms with van der Waals surface area (Å²) in [4.78, 5) is 38.8. The molecule has 0 unspecified atom stereocenters. The maximum Gasteiger partial charge on any atom is 0.354 e. The average molecular weight is 402 g/mol. The standard InChI is InChI=1S/C21H30N4O4/c1-4-29-21(28)18(6-5-14-24(2)3)23-22-17-9-7-16(8-10-17)13-15-25-19(26)11-12-20(25)27/h7-10,22H,4-6,11-15H2,1-3H3/b23-18-. The van der Waals surface area contributed by atoms with Gasteiger partial charge in [0.2, 0.25) is 11.8 Å². The average Bonchev–Trinajstić information content (AvgIpc) is 3.01. The number of amides is 2. The Kier molecular flexibility index (Phi) is 8.79. The molecule has 1 aliphatic rings. The number of likely N-dealkylation sites (tertiary alicyclic amines) is 1. The first-order chi connectivity index (χ1) is 13.9. The molecule has 1 heterocycles. The van der Waals surface area contributed by atoms with Gasteiger partial charge >= 0.3 is 5.97 Å². The molecule has 0 saturated carbocycles. The minimum absolute atomic E-state index is 0.0941. The third-order valence-electron chi connectivity index (χ3n) is 4.58. The quantitative estimate of drug-likeness (QED) is 0.264. The van der Waals surface area contributed by atoms with Crippen molar-refractivity contribution in [1.29, 1.82) is 0 Å². The maximum atomic E-state index is 12.1. The van der Waals surface area contributed by atoms with Crippen LogP contribution in [0.15, 0.2) is 29.4 Å². The molecule has 1 N–H and O–H groups in total. The van der Waals surface area contributed by atoms with Gasteiger partial charge in [0.25, 0.3) is 0 Å². The largest absolute Gasteiger partial charge is 0.461 e. The Bertz CT molecular complexity index is 728. The van der Waals surface area contributed by atoms with Crippen LogP contribution in [0.1, 0.15) is 38.2 Å². The van der Waals surface area contributed by atoms with E-state index < -0.39 is 5.97 Å². The number of hydrogen-bond acceptors (Lipinski definition) is 7. The minimum atomic E-state index is -0.407. The number of carbonyl (C=O) groups excluding carboxylic acids is 3. The zero-order valence-corrected chi connectivity index (χ0v) is 17.4. The lowest BCUT2D eigenvalue weighted by Gasteiger charge is -2.13. The van der Waals surface area contributed by atoms with Crippen molar-refractivity contribution in [3.63, 3.8) is 0 Å². The third kappa shape index (κ3) is 7.30. The van der Waals surface area contributed by atoms with Crippen LogP contribution < -0.4 is 5.43 Å². The highest BCUT2D eigenvalue weighted by Gasteiger charge is 2.28. The van der Waals surface area contributed by atoms with Gasteiger partial charge in [-0.1, -0.05) is 12.1 Å². The number of nitrogens with one attached hydrogen (secondary N) is 1. The zero-order valence-electron chi connectivity index (χ0n) is 17.4. The molecule has 0 atom stereocenters. The van der Waals surface area contributed by atoms with Crippen LogP contribution in [0.3, 0.4) is 0 Å². The van der Waals surface area contributed by atoms with Crippen molar-refractivity contribution in [2.75, 3.05) is 39.2 Å². The molecule has 1 fully saturated rings. The summed E-state index contributed by atoms with van der Waals surface area (Å²) in [6, 6.07) is 7.54. The summed E-state index contributed by atoms with van der Waals surface area (Å²) in [7, 11) is 3.97. The van der Waals surface area contributed by atoms with Gasteiger partial charge in [0.05, 0.1) is 12.3 Å². The topological polar surface area (TPSA) is 91.3 Å².